The Balaban J connectivity index is 2.10. The normalized spacial score (nSPS) is 24.5. The number of nitrogens with one attached hydrogen (secondary N) is 1. The highest BCUT2D eigenvalue weighted by atomic mass is 79.9. The Labute approximate surface area is 131 Å². The number of benzene rings is 1. The van der Waals surface area contributed by atoms with Crippen molar-refractivity contribution in [2.75, 3.05) is 6.54 Å². The maximum absolute atomic E-state index is 10.9. The van der Waals surface area contributed by atoms with Gasteiger partial charge in [-0.2, -0.15) is 5.26 Å². The first-order valence-corrected chi connectivity index (χ1v) is 7.55. The topological polar surface area (TPSA) is 88.2 Å². The number of nitro groups is 1. The van der Waals surface area contributed by atoms with Crippen LogP contribution in [0.4, 0.5) is 5.69 Å². The van der Waals surface area contributed by atoms with E-state index in [0.29, 0.717) is 16.6 Å². The number of nitro benzene ring substituents is 1. The van der Waals surface area contributed by atoms with Gasteiger partial charge in [0.2, 0.25) is 0 Å². The third-order valence-electron chi connectivity index (χ3n) is 3.57. The highest BCUT2D eigenvalue weighted by Crippen LogP contribution is 2.34. The quantitative estimate of drug-likeness (QED) is 0.648. The van der Waals surface area contributed by atoms with E-state index < -0.39 is 10.5 Å². The third-order valence-corrected chi connectivity index (χ3v) is 4.03. The van der Waals surface area contributed by atoms with Gasteiger partial charge in [0.25, 0.3) is 5.69 Å². The fourth-order valence-corrected chi connectivity index (χ4v) is 3.11. The molecule has 7 heteroatoms. The molecule has 1 aliphatic carbocycles. The molecule has 0 heterocycles. The van der Waals surface area contributed by atoms with Crippen molar-refractivity contribution in [3.63, 3.8) is 0 Å². The summed E-state index contributed by atoms with van der Waals surface area (Å²) in [6.45, 7) is 2.69. The van der Waals surface area contributed by atoms with Crippen LogP contribution in [-0.4, -0.2) is 23.1 Å². The average molecular weight is 354 g/mol. The van der Waals surface area contributed by atoms with Crippen LogP contribution < -0.4 is 10.1 Å². The molecule has 1 fully saturated rings. The molecule has 0 aromatic heterocycles. The molecule has 112 valence electrons. The SMILES string of the molecule is CCNC1(C#N)CCC(Oc2cc(Br)cc([N+](=O)[O-])c2)C1. The number of ether oxygens (including phenoxy) is 1. The highest BCUT2D eigenvalue weighted by Gasteiger charge is 2.40. The lowest BCUT2D eigenvalue weighted by Crippen LogP contribution is -2.42. The third kappa shape index (κ3) is 3.71. The molecule has 6 nitrogen and oxygen atoms in total. The highest BCUT2D eigenvalue weighted by molar-refractivity contribution is 9.10. The summed E-state index contributed by atoms with van der Waals surface area (Å²) >= 11 is 3.24. The van der Waals surface area contributed by atoms with Crippen molar-refractivity contribution in [1.29, 1.82) is 5.26 Å². The van der Waals surface area contributed by atoms with Crippen LogP contribution in [0.25, 0.3) is 0 Å². The van der Waals surface area contributed by atoms with Gasteiger partial charge in [0.05, 0.1) is 17.1 Å². The van der Waals surface area contributed by atoms with E-state index >= 15 is 0 Å². The standard InChI is InChI=1S/C14H16BrN3O3/c1-2-17-14(9-16)4-3-12(8-14)21-13-6-10(15)5-11(7-13)18(19)20/h5-7,12,17H,2-4,8H2,1H3. The molecule has 1 aromatic rings. The number of nitriles is 1. The second-order valence-corrected chi connectivity index (χ2v) is 6.02. The van der Waals surface area contributed by atoms with Gasteiger partial charge in [-0.05, 0) is 25.5 Å². The molecule has 1 aromatic carbocycles. The van der Waals surface area contributed by atoms with E-state index in [0.717, 1.165) is 19.4 Å². The summed E-state index contributed by atoms with van der Waals surface area (Å²) in [7, 11) is 0. The van der Waals surface area contributed by atoms with E-state index in [1.54, 1.807) is 6.07 Å². The van der Waals surface area contributed by atoms with Crippen molar-refractivity contribution >= 4 is 21.6 Å². The van der Waals surface area contributed by atoms with Gasteiger partial charge in [-0.1, -0.05) is 22.9 Å². The van der Waals surface area contributed by atoms with E-state index in [-0.39, 0.29) is 11.8 Å². The second-order valence-electron chi connectivity index (χ2n) is 5.11. The molecular formula is C14H16BrN3O3. The van der Waals surface area contributed by atoms with Gasteiger partial charge in [0, 0.05) is 17.0 Å². The summed E-state index contributed by atoms with van der Waals surface area (Å²) in [5.74, 6) is 0.450. The van der Waals surface area contributed by atoms with Gasteiger partial charge in [-0.3, -0.25) is 15.4 Å². The van der Waals surface area contributed by atoms with Gasteiger partial charge >= 0.3 is 0 Å². The molecule has 0 saturated heterocycles. The van der Waals surface area contributed by atoms with Gasteiger partial charge in [0.1, 0.15) is 17.4 Å². The minimum absolute atomic E-state index is 0.0180. The molecule has 0 aliphatic heterocycles. The summed E-state index contributed by atoms with van der Waals surface area (Å²) in [5, 5.41) is 23.4. The molecule has 1 N–H and O–H groups in total. The van der Waals surface area contributed by atoms with Crippen LogP contribution in [-0.2, 0) is 0 Å². The van der Waals surface area contributed by atoms with Crippen LogP contribution >= 0.6 is 15.9 Å². The predicted molar refractivity (Wildman–Crippen MR) is 81.1 cm³/mol. The van der Waals surface area contributed by atoms with Crippen LogP contribution in [0.1, 0.15) is 26.2 Å². The van der Waals surface area contributed by atoms with Crippen molar-refractivity contribution in [2.24, 2.45) is 0 Å². The van der Waals surface area contributed by atoms with E-state index in [4.69, 9.17) is 4.74 Å². The number of rotatable bonds is 5. The van der Waals surface area contributed by atoms with Crippen molar-refractivity contribution in [1.82, 2.24) is 5.32 Å². The number of nitrogens with zero attached hydrogens (tertiary/aromatic N) is 2. The maximum Gasteiger partial charge on any atom is 0.274 e. The van der Waals surface area contributed by atoms with Crippen LogP contribution in [0.15, 0.2) is 22.7 Å². The molecule has 2 rings (SSSR count). The molecule has 0 spiro atoms. The average Bonchev–Trinajstić information content (AvgIpc) is 2.82. The zero-order valence-corrected chi connectivity index (χ0v) is 13.2. The maximum atomic E-state index is 10.9. The summed E-state index contributed by atoms with van der Waals surface area (Å²) in [4.78, 5) is 10.4. The summed E-state index contributed by atoms with van der Waals surface area (Å²) in [6, 6.07) is 6.86. The zero-order chi connectivity index (χ0) is 15.5. The fraction of sp³-hybridized carbons (Fsp3) is 0.500. The van der Waals surface area contributed by atoms with Crippen LogP contribution in [0.3, 0.4) is 0 Å². The molecule has 0 radical (unpaired) electrons. The predicted octanol–water partition coefficient (Wildman–Crippen LogP) is 3.16. The lowest BCUT2D eigenvalue weighted by molar-refractivity contribution is -0.385. The van der Waals surface area contributed by atoms with Crippen molar-refractivity contribution in [3.8, 4) is 11.8 Å². The first kappa shape index (κ1) is 15.7. The molecule has 1 aliphatic rings. The number of hydrogen-bond acceptors (Lipinski definition) is 5. The van der Waals surface area contributed by atoms with Gasteiger partial charge in [0.15, 0.2) is 0 Å². The molecule has 21 heavy (non-hydrogen) atoms. The lowest BCUT2D eigenvalue weighted by Gasteiger charge is -2.22. The monoisotopic (exact) mass is 353 g/mol. The molecule has 0 amide bonds. The minimum atomic E-state index is -0.544. The second kappa shape index (κ2) is 6.41. The lowest BCUT2D eigenvalue weighted by atomic mass is 10.00. The van der Waals surface area contributed by atoms with Crippen LogP contribution in [0, 0.1) is 21.4 Å². The van der Waals surface area contributed by atoms with Crippen molar-refractivity contribution < 1.29 is 9.66 Å². The van der Waals surface area contributed by atoms with Gasteiger partial charge in [-0.15, -0.1) is 0 Å². The Bertz CT molecular complexity index is 587. The Kier molecular flexibility index (Phi) is 4.80. The molecule has 2 unspecified atom stereocenters. The molecule has 2 atom stereocenters. The minimum Gasteiger partial charge on any atom is -0.490 e. The van der Waals surface area contributed by atoms with Crippen LogP contribution in [0.5, 0.6) is 5.75 Å². The largest absolute Gasteiger partial charge is 0.490 e. The Morgan fingerprint density at radius 3 is 3.00 bits per heavy atom. The van der Waals surface area contributed by atoms with E-state index in [1.807, 2.05) is 6.92 Å². The number of non-ortho nitro benzene ring substituents is 1. The number of halogens is 1. The summed E-state index contributed by atoms with van der Waals surface area (Å²) < 4.78 is 6.42. The van der Waals surface area contributed by atoms with Gasteiger partial charge in [-0.25, -0.2) is 0 Å². The molecule has 1 saturated carbocycles. The Morgan fingerprint density at radius 1 is 1.62 bits per heavy atom. The van der Waals surface area contributed by atoms with Crippen molar-refractivity contribution in [3.05, 3.63) is 32.8 Å². The first-order valence-electron chi connectivity index (χ1n) is 6.76. The smallest absolute Gasteiger partial charge is 0.274 e. The van der Waals surface area contributed by atoms with Crippen LogP contribution in [0.2, 0.25) is 0 Å². The van der Waals surface area contributed by atoms with E-state index in [9.17, 15) is 15.4 Å². The summed E-state index contributed by atoms with van der Waals surface area (Å²) in [6.07, 6.45) is 1.94. The Morgan fingerprint density at radius 2 is 2.38 bits per heavy atom. The molecular weight excluding hydrogens is 338 g/mol. The first-order chi connectivity index (χ1) is 9.98. The van der Waals surface area contributed by atoms with E-state index in [2.05, 4.69) is 27.3 Å². The fourth-order valence-electron chi connectivity index (χ4n) is 2.65. The molecule has 0 bridgehead atoms. The van der Waals surface area contributed by atoms with Gasteiger partial charge < -0.3 is 4.74 Å². The zero-order valence-electron chi connectivity index (χ0n) is 11.6. The Hall–Kier alpha value is -1.65. The van der Waals surface area contributed by atoms with Crippen molar-refractivity contribution in [2.45, 2.75) is 37.8 Å². The summed E-state index contributed by atoms with van der Waals surface area (Å²) in [5.41, 5.74) is -0.562. The number of hydrogen-bond donors (Lipinski definition) is 1. The van der Waals surface area contributed by atoms with E-state index in [1.165, 1.54) is 12.1 Å².